The minimum absolute atomic E-state index is 0.0828. The number of thiazole rings is 1. The van der Waals surface area contributed by atoms with Crippen molar-refractivity contribution < 1.29 is 9.53 Å². The van der Waals surface area contributed by atoms with Crippen molar-refractivity contribution in [3.63, 3.8) is 0 Å². The largest absolute Gasteiger partial charge is 0.469 e. The fourth-order valence-electron chi connectivity index (χ4n) is 1.37. The molecule has 0 aliphatic heterocycles. The van der Waals surface area contributed by atoms with Gasteiger partial charge in [0.2, 0.25) is 0 Å². The van der Waals surface area contributed by atoms with Crippen LogP contribution < -0.4 is 0 Å². The first-order chi connectivity index (χ1) is 8.60. The fourth-order valence-corrected chi connectivity index (χ4v) is 2.64. The topological polar surface area (TPSA) is 39.2 Å². The molecule has 0 bridgehead atoms. The Morgan fingerprint density at radius 2 is 2.00 bits per heavy atom. The number of ether oxygens (including phenoxy) is 1. The van der Waals surface area contributed by atoms with Crippen LogP contribution in [0, 0.1) is 0 Å². The molecule has 3 nitrogen and oxygen atoms in total. The molecular formula is C12H9Cl2NO2S. The van der Waals surface area contributed by atoms with Crippen LogP contribution in [0.1, 0.15) is 5.69 Å². The van der Waals surface area contributed by atoms with E-state index >= 15 is 0 Å². The quantitative estimate of drug-likeness (QED) is 0.809. The summed E-state index contributed by atoms with van der Waals surface area (Å²) in [6.07, 6.45) is 0.0828. The van der Waals surface area contributed by atoms with Crippen LogP contribution >= 0.6 is 34.5 Å². The molecule has 6 heteroatoms. The lowest BCUT2D eigenvalue weighted by Crippen LogP contribution is -2.04. The van der Waals surface area contributed by atoms with E-state index in [-0.39, 0.29) is 12.4 Å². The summed E-state index contributed by atoms with van der Waals surface area (Å²) in [5, 5.41) is 1.42. The molecule has 18 heavy (non-hydrogen) atoms. The maximum absolute atomic E-state index is 11.2. The van der Waals surface area contributed by atoms with Crippen LogP contribution in [-0.4, -0.2) is 18.1 Å². The van der Waals surface area contributed by atoms with Crippen molar-refractivity contribution in [2.45, 2.75) is 6.42 Å². The van der Waals surface area contributed by atoms with Crippen molar-refractivity contribution in [1.29, 1.82) is 0 Å². The van der Waals surface area contributed by atoms with Gasteiger partial charge in [0.1, 0.15) is 9.34 Å². The predicted molar refractivity (Wildman–Crippen MR) is 73.3 cm³/mol. The third-order valence-electron chi connectivity index (χ3n) is 2.28. The lowest BCUT2D eigenvalue weighted by atomic mass is 10.2. The van der Waals surface area contributed by atoms with E-state index in [4.69, 9.17) is 23.2 Å². The van der Waals surface area contributed by atoms with Gasteiger partial charge in [0, 0.05) is 10.6 Å². The molecular weight excluding hydrogens is 293 g/mol. The van der Waals surface area contributed by atoms with E-state index in [1.165, 1.54) is 18.4 Å². The highest BCUT2D eigenvalue weighted by Gasteiger charge is 2.14. The number of hydrogen-bond acceptors (Lipinski definition) is 4. The van der Waals surface area contributed by atoms with Crippen molar-refractivity contribution >= 4 is 40.5 Å². The molecule has 0 atom stereocenters. The van der Waals surface area contributed by atoms with Gasteiger partial charge in [0.15, 0.2) is 0 Å². The molecule has 0 aliphatic rings. The minimum atomic E-state index is -0.357. The second-order valence-electron chi connectivity index (χ2n) is 3.50. The van der Waals surface area contributed by atoms with Crippen LogP contribution in [0.15, 0.2) is 24.3 Å². The average Bonchev–Trinajstić information content (AvgIpc) is 2.71. The third-order valence-corrected chi connectivity index (χ3v) is 3.92. The standard InChI is InChI=1S/C12H9Cl2NO2S/c1-17-10(16)6-9-11(14)18-12(15-9)7-2-4-8(13)5-3-7/h2-5H,6H2,1H3. The maximum Gasteiger partial charge on any atom is 0.311 e. The van der Waals surface area contributed by atoms with Crippen molar-refractivity contribution in [3.8, 4) is 10.6 Å². The predicted octanol–water partition coefficient (Wildman–Crippen LogP) is 3.83. The van der Waals surface area contributed by atoms with Gasteiger partial charge < -0.3 is 4.74 Å². The number of benzene rings is 1. The molecule has 0 amide bonds. The van der Waals surface area contributed by atoms with E-state index in [9.17, 15) is 4.79 Å². The first kappa shape index (κ1) is 13.3. The summed E-state index contributed by atoms with van der Waals surface area (Å²) < 4.78 is 5.09. The van der Waals surface area contributed by atoms with Crippen molar-refractivity contribution in [2.24, 2.45) is 0 Å². The Labute approximate surface area is 118 Å². The van der Waals surface area contributed by atoms with Gasteiger partial charge in [-0.15, -0.1) is 11.3 Å². The van der Waals surface area contributed by atoms with E-state index in [1.54, 1.807) is 12.1 Å². The summed E-state index contributed by atoms with van der Waals surface area (Å²) in [7, 11) is 1.34. The number of carbonyl (C=O) groups excluding carboxylic acids is 1. The van der Waals surface area contributed by atoms with Crippen LogP contribution in [0.3, 0.4) is 0 Å². The number of esters is 1. The van der Waals surface area contributed by atoms with Crippen LogP contribution in [-0.2, 0) is 16.0 Å². The molecule has 0 saturated heterocycles. The van der Waals surface area contributed by atoms with Crippen LogP contribution in [0.5, 0.6) is 0 Å². The number of methoxy groups -OCH3 is 1. The van der Waals surface area contributed by atoms with Gasteiger partial charge in [0.05, 0.1) is 19.2 Å². The zero-order chi connectivity index (χ0) is 13.1. The normalized spacial score (nSPS) is 10.4. The molecule has 1 heterocycles. The Morgan fingerprint density at radius 1 is 1.33 bits per heavy atom. The maximum atomic E-state index is 11.2. The lowest BCUT2D eigenvalue weighted by molar-refractivity contribution is -0.139. The Balaban J connectivity index is 2.28. The first-order valence-corrected chi connectivity index (χ1v) is 6.65. The Hall–Kier alpha value is -1.10. The highest BCUT2D eigenvalue weighted by molar-refractivity contribution is 7.19. The molecule has 0 fully saturated rings. The molecule has 0 saturated carbocycles. The van der Waals surface area contributed by atoms with Gasteiger partial charge in [-0.25, -0.2) is 4.98 Å². The van der Waals surface area contributed by atoms with Gasteiger partial charge in [-0.2, -0.15) is 0 Å². The van der Waals surface area contributed by atoms with E-state index < -0.39 is 0 Å². The molecule has 0 aliphatic carbocycles. The molecule has 0 N–H and O–H groups in total. The van der Waals surface area contributed by atoms with Gasteiger partial charge in [-0.05, 0) is 12.1 Å². The second kappa shape index (κ2) is 5.69. The minimum Gasteiger partial charge on any atom is -0.469 e. The lowest BCUT2D eigenvalue weighted by Gasteiger charge is -1.96. The summed E-state index contributed by atoms with van der Waals surface area (Å²) >= 11 is 13.2. The molecule has 94 valence electrons. The summed E-state index contributed by atoms with van der Waals surface area (Å²) in [6, 6.07) is 7.29. The van der Waals surface area contributed by atoms with Crippen molar-refractivity contribution in [1.82, 2.24) is 4.98 Å². The Kier molecular flexibility index (Phi) is 4.22. The smallest absolute Gasteiger partial charge is 0.311 e. The number of halogens is 2. The molecule has 1 aromatic heterocycles. The summed E-state index contributed by atoms with van der Waals surface area (Å²) in [4.78, 5) is 15.5. The van der Waals surface area contributed by atoms with E-state index in [0.29, 0.717) is 15.1 Å². The van der Waals surface area contributed by atoms with Gasteiger partial charge in [-0.3, -0.25) is 4.79 Å². The van der Waals surface area contributed by atoms with E-state index in [1.807, 2.05) is 12.1 Å². The highest BCUT2D eigenvalue weighted by Crippen LogP contribution is 2.32. The summed E-state index contributed by atoms with van der Waals surface area (Å²) in [6.45, 7) is 0. The van der Waals surface area contributed by atoms with Gasteiger partial charge >= 0.3 is 5.97 Å². The van der Waals surface area contributed by atoms with E-state index in [0.717, 1.165) is 10.6 Å². The monoisotopic (exact) mass is 301 g/mol. The Morgan fingerprint density at radius 3 is 2.61 bits per heavy atom. The van der Waals surface area contributed by atoms with Crippen molar-refractivity contribution in [2.75, 3.05) is 7.11 Å². The van der Waals surface area contributed by atoms with Crippen LogP contribution in [0.2, 0.25) is 9.36 Å². The third kappa shape index (κ3) is 3.02. The van der Waals surface area contributed by atoms with Crippen molar-refractivity contribution in [3.05, 3.63) is 39.3 Å². The molecule has 0 spiro atoms. The second-order valence-corrected chi connectivity index (χ2v) is 5.54. The molecule has 1 aromatic carbocycles. The fraction of sp³-hybridized carbons (Fsp3) is 0.167. The van der Waals surface area contributed by atoms with Crippen LogP contribution in [0.25, 0.3) is 10.6 Å². The zero-order valence-corrected chi connectivity index (χ0v) is 11.8. The molecule has 0 radical (unpaired) electrons. The number of rotatable bonds is 3. The zero-order valence-electron chi connectivity index (χ0n) is 9.44. The summed E-state index contributed by atoms with van der Waals surface area (Å²) in [5.41, 5.74) is 1.46. The number of aromatic nitrogens is 1. The molecule has 0 unspecified atom stereocenters. The number of hydrogen-bond donors (Lipinski definition) is 0. The van der Waals surface area contributed by atoms with E-state index in [2.05, 4.69) is 9.72 Å². The highest BCUT2D eigenvalue weighted by atomic mass is 35.5. The van der Waals surface area contributed by atoms with Gasteiger partial charge in [-0.1, -0.05) is 35.3 Å². The molecule has 2 rings (SSSR count). The summed E-state index contributed by atoms with van der Waals surface area (Å²) in [5.74, 6) is -0.357. The number of nitrogens with zero attached hydrogens (tertiary/aromatic N) is 1. The molecule has 2 aromatic rings. The van der Waals surface area contributed by atoms with Crippen LogP contribution in [0.4, 0.5) is 0 Å². The average molecular weight is 302 g/mol. The Bertz CT molecular complexity index is 566. The SMILES string of the molecule is COC(=O)Cc1nc(-c2ccc(Cl)cc2)sc1Cl. The first-order valence-electron chi connectivity index (χ1n) is 5.08. The number of carbonyl (C=O) groups is 1. The van der Waals surface area contributed by atoms with Gasteiger partial charge in [0.25, 0.3) is 0 Å².